The van der Waals surface area contributed by atoms with Crippen LogP contribution in [0.2, 0.25) is 0 Å². The van der Waals surface area contributed by atoms with E-state index in [1.54, 1.807) is 24.3 Å². The summed E-state index contributed by atoms with van der Waals surface area (Å²) < 4.78 is 27.7. The molecule has 2 unspecified atom stereocenters. The molecule has 5 heteroatoms. The minimum Gasteiger partial charge on any atom is -0.389 e. The summed E-state index contributed by atoms with van der Waals surface area (Å²) in [5.74, 6) is 1.05. The van der Waals surface area contributed by atoms with Crippen molar-refractivity contribution in [2.24, 2.45) is 11.8 Å². The first-order valence-corrected chi connectivity index (χ1v) is 15.0. The highest BCUT2D eigenvalue weighted by molar-refractivity contribution is 7.91. The van der Waals surface area contributed by atoms with Crippen molar-refractivity contribution in [1.82, 2.24) is 0 Å². The lowest BCUT2D eigenvalue weighted by atomic mass is 9.99. The van der Waals surface area contributed by atoms with Crippen LogP contribution in [0.5, 0.6) is 0 Å². The molecule has 204 valence electrons. The van der Waals surface area contributed by atoms with Crippen molar-refractivity contribution in [1.29, 1.82) is 0 Å². The van der Waals surface area contributed by atoms with Gasteiger partial charge < -0.3 is 10.2 Å². The number of aliphatic hydroxyl groups is 2. The molecule has 37 heavy (non-hydrogen) atoms. The summed E-state index contributed by atoms with van der Waals surface area (Å²) in [5, 5.41) is 21.0. The second-order valence-electron chi connectivity index (χ2n) is 11.0. The van der Waals surface area contributed by atoms with E-state index in [0.717, 1.165) is 24.0 Å². The molecule has 0 saturated carbocycles. The summed E-state index contributed by atoms with van der Waals surface area (Å²) in [6.07, 6.45) is 7.00. The van der Waals surface area contributed by atoms with Crippen LogP contribution in [0, 0.1) is 11.8 Å². The highest BCUT2D eigenvalue weighted by Gasteiger charge is 2.23. The summed E-state index contributed by atoms with van der Waals surface area (Å²) in [4.78, 5) is 0.585. The Morgan fingerprint density at radius 2 is 1.03 bits per heavy atom. The number of hydrogen-bond acceptors (Lipinski definition) is 4. The molecule has 4 nitrogen and oxygen atoms in total. The average molecular weight is 527 g/mol. The third-order valence-corrected chi connectivity index (χ3v) is 8.85. The van der Waals surface area contributed by atoms with Gasteiger partial charge in [0.1, 0.15) is 0 Å². The van der Waals surface area contributed by atoms with Crippen LogP contribution in [0.3, 0.4) is 0 Å². The van der Waals surface area contributed by atoms with Crippen LogP contribution in [0.1, 0.15) is 78.4 Å². The van der Waals surface area contributed by atoms with E-state index >= 15 is 0 Å². The van der Waals surface area contributed by atoms with Gasteiger partial charge in [0, 0.05) is 0 Å². The molecule has 0 fully saturated rings. The van der Waals surface area contributed by atoms with Crippen molar-refractivity contribution < 1.29 is 18.6 Å². The van der Waals surface area contributed by atoms with E-state index < -0.39 is 22.0 Å². The minimum absolute atomic E-state index is 0.292. The third-order valence-electron chi connectivity index (χ3n) is 6.90. The van der Waals surface area contributed by atoms with Crippen LogP contribution < -0.4 is 0 Å². The first-order chi connectivity index (χ1) is 17.4. The van der Waals surface area contributed by atoms with Crippen molar-refractivity contribution in [2.75, 3.05) is 0 Å². The van der Waals surface area contributed by atoms with Gasteiger partial charge in [-0.05, 0) is 98.6 Å². The highest BCUT2D eigenvalue weighted by atomic mass is 32.2. The molecule has 0 bridgehead atoms. The fraction of sp³-hybridized carbons (Fsp3) is 0.500. The maximum absolute atomic E-state index is 13.8. The topological polar surface area (TPSA) is 74.6 Å². The predicted octanol–water partition coefficient (Wildman–Crippen LogP) is 7.09. The van der Waals surface area contributed by atoms with E-state index in [1.165, 1.54) is 0 Å². The molecule has 0 radical (unpaired) electrons. The van der Waals surface area contributed by atoms with E-state index in [4.69, 9.17) is 0 Å². The fourth-order valence-corrected chi connectivity index (χ4v) is 5.98. The van der Waals surface area contributed by atoms with Crippen LogP contribution in [0.4, 0.5) is 0 Å². The number of hydrogen-bond donors (Lipinski definition) is 2. The first-order valence-electron chi connectivity index (χ1n) is 13.5. The fourth-order valence-electron chi connectivity index (χ4n) is 4.24. The van der Waals surface area contributed by atoms with Gasteiger partial charge in [-0.3, -0.25) is 0 Å². The molecule has 0 aliphatic rings. The molecule has 0 spiro atoms. The highest BCUT2D eigenvalue weighted by Crippen LogP contribution is 2.28. The van der Waals surface area contributed by atoms with E-state index in [0.29, 0.717) is 58.4 Å². The molecule has 0 saturated heterocycles. The molecule has 0 aliphatic heterocycles. The molecule has 2 aromatic rings. The third kappa shape index (κ3) is 9.55. The molecule has 2 rings (SSSR count). The van der Waals surface area contributed by atoms with Crippen LogP contribution in [-0.4, -0.2) is 30.8 Å². The van der Waals surface area contributed by atoms with Crippen molar-refractivity contribution in [3.8, 4) is 0 Å². The van der Waals surface area contributed by atoms with Gasteiger partial charge in [-0.15, -0.1) is 0 Å². The second kappa shape index (κ2) is 14.7. The lowest BCUT2D eigenvalue weighted by Gasteiger charge is -2.15. The van der Waals surface area contributed by atoms with Crippen molar-refractivity contribution in [2.45, 2.75) is 102 Å². The Morgan fingerprint density at radius 3 is 1.38 bits per heavy atom. The van der Waals surface area contributed by atoms with Gasteiger partial charge in [-0.1, -0.05) is 76.2 Å². The van der Waals surface area contributed by atoms with Gasteiger partial charge in [-0.2, -0.15) is 0 Å². The van der Waals surface area contributed by atoms with Crippen LogP contribution in [-0.2, 0) is 22.7 Å². The maximum atomic E-state index is 13.8. The Balaban J connectivity index is 2.30. The lowest BCUT2D eigenvalue weighted by Crippen LogP contribution is -2.11. The standard InChI is InChI=1S/C32H46O4S/c1-23(2)15-21-29(33)25(5)17-19-27-11-7-9-13-31(27)37(35,36)32-14-10-8-12-28(32)20-18-26(6)30(34)22-16-24(3)4/h7-14,17-18,23-24,29-30,33-34H,15-16,19-22H2,1-6H3/b25-17+,26-18+. The van der Waals surface area contributed by atoms with Gasteiger partial charge in [0.2, 0.25) is 9.84 Å². The Morgan fingerprint density at radius 1 is 0.676 bits per heavy atom. The SMILES string of the molecule is C/C(=C\Cc1ccccc1S(=O)(=O)c1ccccc1C/C=C(\C)C(O)CCC(C)C)C(O)CCC(C)C. The normalized spacial score (nSPS) is 14.9. The molecule has 0 aliphatic carbocycles. The zero-order valence-electron chi connectivity index (χ0n) is 23.4. The van der Waals surface area contributed by atoms with Gasteiger partial charge in [0.25, 0.3) is 0 Å². The monoisotopic (exact) mass is 526 g/mol. The number of allylic oxidation sites excluding steroid dienone is 2. The van der Waals surface area contributed by atoms with Gasteiger partial charge in [0.15, 0.2) is 0 Å². The molecule has 2 atom stereocenters. The number of rotatable bonds is 14. The van der Waals surface area contributed by atoms with Crippen molar-refractivity contribution >= 4 is 9.84 Å². The molecule has 0 aromatic heterocycles. The lowest BCUT2D eigenvalue weighted by molar-refractivity contribution is 0.191. The summed E-state index contributed by atoms with van der Waals surface area (Å²) in [7, 11) is -3.76. The molecule has 2 N–H and O–H groups in total. The Bertz CT molecular complexity index is 1070. The van der Waals surface area contributed by atoms with E-state index in [2.05, 4.69) is 27.7 Å². The first kappa shape index (κ1) is 31.0. The van der Waals surface area contributed by atoms with Crippen molar-refractivity contribution in [3.63, 3.8) is 0 Å². The Hall–Kier alpha value is -2.21. The zero-order chi connectivity index (χ0) is 27.6. The smallest absolute Gasteiger partial charge is 0.207 e. The quantitative estimate of drug-likeness (QED) is 0.258. The van der Waals surface area contributed by atoms with Gasteiger partial charge in [0.05, 0.1) is 22.0 Å². The van der Waals surface area contributed by atoms with Crippen LogP contribution in [0.15, 0.2) is 81.6 Å². The van der Waals surface area contributed by atoms with E-state index in [1.807, 2.05) is 50.3 Å². The average Bonchev–Trinajstić information content (AvgIpc) is 2.87. The Kier molecular flexibility index (Phi) is 12.3. The summed E-state index contributed by atoms with van der Waals surface area (Å²) in [6, 6.07) is 14.2. The van der Waals surface area contributed by atoms with Crippen LogP contribution >= 0.6 is 0 Å². The van der Waals surface area contributed by atoms with Crippen molar-refractivity contribution in [3.05, 3.63) is 83.0 Å². The van der Waals surface area contributed by atoms with Gasteiger partial charge >= 0.3 is 0 Å². The van der Waals surface area contributed by atoms with Gasteiger partial charge in [-0.25, -0.2) is 8.42 Å². The molecule has 0 amide bonds. The maximum Gasteiger partial charge on any atom is 0.207 e. The summed E-state index contributed by atoms with van der Waals surface area (Å²) >= 11 is 0. The second-order valence-corrected chi connectivity index (χ2v) is 12.9. The number of sulfone groups is 1. The Labute approximate surface area is 225 Å². The van der Waals surface area contributed by atoms with E-state index in [-0.39, 0.29) is 0 Å². The largest absolute Gasteiger partial charge is 0.389 e. The minimum atomic E-state index is -3.76. The summed E-state index contributed by atoms with van der Waals surface area (Å²) in [6.45, 7) is 12.4. The molecule has 0 heterocycles. The molecular formula is C32H46O4S. The predicted molar refractivity (Wildman–Crippen MR) is 153 cm³/mol. The molecular weight excluding hydrogens is 480 g/mol. The number of benzene rings is 2. The van der Waals surface area contributed by atoms with Crippen LogP contribution in [0.25, 0.3) is 0 Å². The zero-order valence-corrected chi connectivity index (χ0v) is 24.3. The van der Waals surface area contributed by atoms with E-state index in [9.17, 15) is 18.6 Å². The number of aliphatic hydroxyl groups excluding tert-OH is 2. The summed E-state index contributed by atoms with van der Waals surface area (Å²) in [5.41, 5.74) is 3.15. The molecule has 2 aromatic carbocycles.